The van der Waals surface area contributed by atoms with Gasteiger partial charge in [-0.1, -0.05) is 24.3 Å². The highest BCUT2D eigenvalue weighted by atomic mass is 32.2. The Hall–Kier alpha value is -4.31. The highest BCUT2D eigenvalue weighted by molar-refractivity contribution is 7.91. The van der Waals surface area contributed by atoms with Crippen LogP contribution < -0.4 is 10.6 Å². The molecule has 0 atom stereocenters. The largest absolute Gasteiger partial charge is 0.352 e. The van der Waals surface area contributed by atoms with Crippen LogP contribution in [0.3, 0.4) is 0 Å². The SMILES string of the molecule is O=C(NCCc1ccc(-n2nccn2)cc1)c1ccc2c(c1)NC(=O)c1ccccc1S2(=O)=O. The summed E-state index contributed by atoms with van der Waals surface area (Å²) in [4.78, 5) is 26.7. The van der Waals surface area contributed by atoms with Crippen molar-refractivity contribution in [3.63, 3.8) is 0 Å². The van der Waals surface area contributed by atoms with Gasteiger partial charge in [-0.15, -0.1) is 0 Å². The smallest absolute Gasteiger partial charge is 0.257 e. The Morgan fingerprint density at radius 2 is 1.68 bits per heavy atom. The van der Waals surface area contributed by atoms with Crippen molar-refractivity contribution < 1.29 is 18.0 Å². The first-order chi connectivity index (χ1) is 16.4. The van der Waals surface area contributed by atoms with Gasteiger partial charge in [-0.25, -0.2) is 8.42 Å². The number of carbonyl (C=O) groups excluding carboxylic acids is 2. The molecule has 1 aliphatic heterocycles. The van der Waals surface area contributed by atoms with Crippen molar-refractivity contribution in [2.24, 2.45) is 0 Å². The summed E-state index contributed by atoms with van der Waals surface area (Å²) in [6, 6.07) is 17.9. The van der Waals surface area contributed by atoms with Gasteiger partial charge in [-0.3, -0.25) is 9.59 Å². The summed E-state index contributed by atoms with van der Waals surface area (Å²) in [5.41, 5.74) is 2.26. The Morgan fingerprint density at radius 1 is 0.941 bits per heavy atom. The molecule has 170 valence electrons. The maximum Gasteiger partial charge on any atom is 0.257 e. The third-order valence-electron chi connectivity index (χ3n) is 5.49. The normalized spacial score (nSPS) is 13.8. The van der Waals surface area contributed by atoms with E-state index in [2.05, 4.69) is 20.8 Å². The molecule has 3 aromatic carbocycles. The predicted molar refractivity (Wildman–Crippen MR) is 124 cm³/mol. The van der Waals surface area contributed by atoms with Crippen LogP contribution in [0.15, 0.2) is 88.9 Å². The first kappa shape index (κ1) is 21.5. The number of hydrogen-bond donors (Lipinski definition) is 2. The molecule has 0 aliphatic carbocycles. The molecule has 0 radical (unpaired) electrons. The number of rotatable bonds is 5. The Balaban J connectivity index is 1.29. The Morgan fingerprint density at radius 3 is 2.44 bits per heavy atom. The molecule has 0 spiro atoms. The number of sulfone groups is 1. The molecule has 0 unspecified atom stereocenters. The Labute approximate surface area is 195 Å². The lowest BCUT2D eigenvalue weighted by atomic mass is 10.1. The number of hydrogen-bond acceptors (Lipinski definition) is 6. The van der Waals surface area contributed by atoms with Crippen molar-refractivity contribution in [1.29, 1.82) is 0 Å². The fourth-order valence-electron chi connectivity index (χ4n) is 3.77. The topological polar surface area (TPSA) is 123 Å². The summed E-state index contributed by atoms with van der Waals surface area (Å²) in [7, 11) is -3.91. The predicted octanol–water partition coefficient (Wildman–Crippen LogP) is 2.64. The third kappa shape index (κ3) is 3.95. The fourth-order valence-corrected chi connectivity index (χ4v) is 5.36. The molecular weight excluding hydrogens is 454 g/mol. The number of aromatic nitrogens is 3. The summed E-state index contributed by atoms with van der Waals surface area (Å²) in [5.74, 6) is -0.905. The van der Waals surface area contributed by atoms with E-state index in [0.717, 1.165) is 11.3 Å². The van der Waals surface area contributed by atoms with Crippen LogP contribution in [0.4, 0.5) is 5.69 Å². The lowest BCUT2D eigenvalue weighted by Crippen LogP contribution is -2.26. The van der Waals surface area contributed by atoms with E-state index in [-0.39, 0.29) is 32.5 Å². The number of anilines is 1. The highest BCUT2D eigenvalue weighted by Gasteiger charge is 2.31. The van der Waals surface area contributed by atoms with Crippen molar-refractivity contribution in [2.75, 3.05) is 11.9 Å². The van der Waals surface area contributed by atoms with E-state index in [9.17, 15) is 18.0 Å². The van der Waals surface area contributed by atoms with E-state index in [4.69, 9.17) is 0 Å². The van der Waals surface area contributed by atoms with Gasteiger partial charge in [-0.2, -0.15) is 15.0 Å². The number of fused-ring (bicyclic) bond motifs is 2. The van der Waals surface area contributed by atoms with Gasteiger partial charge in [0.2, 0.25) is 9.84 Å². The van der Waals surface area contributed by atoms with E-state index >= 15 is 0 Å². The molecule has 1 aliphatic rings. The van der Waals surface area contributed by atoms with Crippen LogP contribution in [0.25, 0.3) is 5.69 Å². The van der Waals surface area contributed by atoms with Gasteiger partial charge in [0.05, 0.1) is 39.1 Å². The minimum Gasteiger partial charge on any atom is -0.352 e. The zero-order valence-electron chi connectivity index (χ0n) is 17.8. The monoisotopic (exact) mass is 473 g/mol. The standard InChI is InChI=1S/C24H19N5O4S/c30-23(25-12-11-16-5-8-18(9-6-16)29-26-13-14-27-29)17-7-10-22-20(15-17)28-24(31)19-3-1-2-4-21(19)34(22,32)33/h1-10,13-15H,11-12H2,(H,25,30)(H,28,31). The number of carbonyl (C=O) groups is 2. The summed E-state index contributed by atoms with van der Waals surface area (Å²) in [5, 5.41) is 13.6. The molecular formula is C24H19N5O4S. The van der Waals surface area contributed by atoms with E-state index in [0.29, 0.717) is 13.0 Å². The van der Waals surface area contributed by atoms with Crippen molar-refractivity contribution in [3.05, 3.63) is 95.8 Å². The molecule has 34 heavy (non-hydrogen) atoms. The van der Waals surface area contributed by atoms with Gasteiger partial charge in [-0.05, 0) is 54.4 Å². The average molecular weight is 474 g/mol. The maximum absolute atomic E-state index is 13.1. The molecule has 10 heteroatoms. The van der Waals surface area contributed by atoms with Gasteiger partial charge in [0.15, 0.2) is 0 Å². The zero-order chi connectivity index (χ0) is 23.7. The molecule has 1 aromatic heterocycles. The molecule has 2 heterocycles. The van der Waals surface area contributed by atoms with Gasteiger partial charge in [0.1, 0.15) is 0 Å². The molecule has 0 saturated carbocycles. The molecule has 2 amide bonds. The van der Waals surface area contributed by atoms with Crippen LogP contribution in [-0.2, 0) is 16.3 Å². The van der Waals surface area contributed by atoms with Gasteiger partial charge in [0.25, 0.3) is 11.8 Å². The molecule has 0 bridgehead atoms. The van der Waals surface area contributed by atoms with Crippen LogP contribution in [0.1, 0.15) is 26.3 Å². The van der Waals surface area contributed by atoms with E-state index in [1.165, 1.54) is 35.1 Å². The number of amides is 2. The van der Waals surface area contributed by atoms with Gasteiger partial charge >= 0.3 is 0 Å². The second-order valence-electron chi connectivity index (χ2n) is 7.66. The van der Waals surface area contributed by atoms with Crippen molar-refractivity contribution in [2.45, 2.75) is 16.2 Å². The molecule has 5 rings (SSSR count). The first-order valence-electron chi connectivity index (χ1n) is 10.5. The molecule has 4 aromatic rings. The van der Waals surface area contributed by atoms with Crippen LogP contribution in [0, 0.1) is 0 Å². The van der Waals surface area contributed by atoms with Crippen LogP contribution in [-0.4, -0.2) is 41.8 Å². The number of nitrogens with one attached hydrogen (secondary N) is 2. The lowest BCUT2D eigenvalue weighted by molar-refractivity contribution is 0.0952. The molecule has 9 nitrogen and oxygen atoms in total. The Kier molecular flexibility index (Phi) is 5.42. The Bertz CT molecular complexity index is 1500. The zero-order valence-corrected chi connectivity index (χ0v) is 18.6. The van der Waals surface area contributed by atoms with E-state index in [1.54, 1.807) is 24.5 Å². The highest BCUT2D eigenvalue weighted by Crippen LogP contribution is 2.34. The van der Waals surface area contributed by atoms with Crippen molar-refractivity contribution >= 4 is 27.3 Å². The van der Waals surface area contributed by atoms with Crippen LogP contribution in [0.2, 0.25) is 0 Å². The second kappa shape index (κ2) is 8.56. The lowest BCUT2D eigenvalue weighted by Gasteiger charge is -2.10. The molecule has 0 fully saturated rings. The van der Waals surface area contributed by atoms with Crippen molar-refractivity contribution in [1.82, 2.24) is 20.3 Å². The van der Waals surface area contributed by atoms with Crippen LogP contribution in [0.5, 0.6) is 0 Å². The summed E-state index contributed by atoms with van der Waals surface area (Å²) >= 11 is 0. The molecule has 0 saturated heterocycles. The van der Waals surface area contributed by atoms with E-state index < -0.39 is 15.7 Å². The average Bonchev–Trinajstić information content (AvgIpc) is 3.37. The quantitative estimate of drug-likeness (QED) is 0.459. The minimum atomic E-state index is -3.91. The number of nitrogens with zero attached hydrogens (tertiary/aromatic N) is 3. The van der Waals surface area contributed by atoms with Crippen LogP contribution >= 0.6 is 0 Å². The minimum absolute atomic E-state index is 0.0471. The summed E-state index contributed by atoms with van der Waals surface area (Å²) in [6.07, 6.45) is 3.81. The van der Waals surface area contributed by atoms with Gasteiger partial charge < -0.3 is 10.6 Å². The summed E-state index contributed by atoms with van der Waals surface area (Å²) in [6.45, 7) is 0.380. The first-order valence-corrected chi connectivity index (χ1v) is 12.0. The molecule has 2 N–H and O–H groups in total. The third-order valence-corrected chi connectivity index (χ3v) is 7.36. The fraction of sp³-hybridized carbons (Fsp3) is 0.0833. The summed E-state index contributed by atoms with van der Waals surface area (Å²) < 4.78 is 26.1. The van der Waals surface area contributed by atoms with E-state index in [1.807, 2.05) is 24.3 Å². The number of benzene rings is 3. The second-order valence-corrected chi connectivity index (χ2v) is 9.54. The van der Waals surface area contributed by atoms with Crippen molar-refractivity contribution in [3.8, 4) is 5.69 Å². The maximum atomic E-state index is 13.1. The van der Waals surface area contributed by atoms with Gasteiger partial charge in [0, 0.05) is 12.1 Å².